The van der Waals surface area contributed by atoms with E-state index in [-0.39, 0.29) is 11.9 Å². The highest BCUT2D eigenvalue weighted by Crippen LogP contribution is 2.33. The van der Waals surface area contributed by atoms with E-state index in [9.17, 15) is 10.2 Å². The Labute approximate surface area is 118 Å². The molecule has 5 nitrogen and oxygen atoms in total. The van der Waals surface area contributed by atoms with E-state index >= 15 is 0 Å². The van der Waals surface area contributed by atoms with Gasteiger partial charge in [0, 0.05) is 18.8 Å². The van der Waals surface area contributed by atoms with Gasteiger partial charge in [-0.1, -0.05) is 12.1 Å². The molecule has 0 fully saturated rings. The first-order valence-corrected chi connectivity index (χ1v) is 6.20. The van der Waals surface area contributed by atoms with Crippen molar-refractivity contribution in [2.75, 3.05) is 0 Å². The molecule has 2 rings (SSSR count). The first kappa shape index (κ1) is 16.2. The lowest BCUT2D eigenvalue weighted by Crippen LogP contribution is -2.35. The van der Waals surface area contributed by atoms with Crippen molar-refractivity contribution in [3.63, 3.8) is 0 Å². The minimum atomic E-state index is -1.22. The van der Waals surface area contributed by atoms with Crippen LogP contribution in [0.25, 0.3) is 0 Å². The maximum Gasteiger partial charge on any atom is 0.107 e. The molecule has 0 aliphatic carbocycles. The lowest BCUT2D eigenvalue weighted by molar-refractivity contribution is -0.0568. The normalized spacial score (nSPS) is 16.6. The lowest BCUT2D eigenvalue weighted by Gasteiger charge is -2.31. The number of aromatic nitrogens is 2. The summed E-state index contributed by atoms with van der Waals surface area (Å²) < 4.78 is 0. The van der Waals surface area contributed by atoms with Gasteiger partial charge in [0.25, 0.3) is 0 Å². The zero-order chi connectivity index (χ0) is 13.9. The molecule has 0 amide bonds. The smallest absolute Gasteiger partial charge is 0.107 e. The third-order valence-corrected chi connectivity index (χ3v) is 3.12. The average molecular weight is 276 g/mol. The SMILES string of the molecule is C[C@](O)(C[C@@](C)(O)c1ccccn1)c1ccccn1.O. The molecule has 0 radical (unpaired) electrons. The molecule has 0 bridgehead atoms. The highest BCUT2D eigenvalue weighted by atomic mass is 16.3. The molecule has 0 aliphatic rings. The van der Waals surface area contributed by atoms with Crippen LogP contribution in [0.1, 0.15) is 31.7 Å². The van der Waals surface area contributed by atoms with E-state index in [0.29, 0.717) is 11.4 Å². The first-order valence-electron chi connectivity index (χ1n) is 6.20. The van der Waals surface area contributed by atoms with Crippen molar-refractivity contribution in [2.24, 2.45) is 0 Å². The Morgan fingerprint density at radius 1 is 0.850 bits per heavy atom. The fraction of sp³-hybridized carbons (Fsp3) is 0.333. The fourth-order valence-corrected chi connectivity index (χ4v) is 2.21. The van der Waals surface area contributed by atoms with Crippen molar-refractivity contribution < 1.29 is 15.7 Å². The number of aliphatic hydroxyl groups is 2. The second-order valence-corrected chi connectivity index (χ2v) is 5.15. The van der Waals surface area contributed by atoms with E-state index in [1.165, 1.54) is 0 Å². The Hall–Kier alpha value is -1.82. The van der Waals surface area contributed by atoms with Crippen molar-refractivity contribution in [3.8, 4) is 0 Å². The maximum atomic E-state index is 10.5. The molecule has 108 valence electrons. The van der Waals surface area contributed by atoms with Crippen LogP contribution >= 0.6 is 0 Å². The molecular formula is C15H20N2O3. The minimum absolute atomic E-state index is 0. The maximum absolute atomic E-state index is 10.5. The summed E-state index contributed by atoms with van der Waals surface area (Å²) in [5.74, 6) is 0. The van der Waals surface area contributed by atoms with Crippen LogP contribution in [0.2, 0.25) is 0 Å². The van der Waals surface area contributed by atoms with Gasteiger partial charge in [-0.05, 0) is 38.1 Å². The monoisotopic (exact) mass is 276 g/mol. The third-order valence-electron chi connectivity index (χ3n) is 3.12. The standard InChI is InChI=1S/C15H18N2O2.H2O/c1-14(18,12-7-3-5-9-16-12)11-15(2,19)13-8-4-6-10-17-13;/h3-10,18-19H,11H2,1-2H3;1H2/t14-,15+;. The van der Waals surface area contributed by atoms with Crippen LogP contribution in [0.4, 0.5) is 0 Å². The van der Waals surface area contributed by atoms with Gasteiger partial charge in [0.15, 0.2) is 0 Å². The molecule has 4 N–H and O–H groups in total. The topological polar surface area (TPSA) is 97.7 Å². The van der Waals surface area contributed by atoms with Gasteiger partial charge in [0.2, 0.25) is 0 Å². The van der Waals surface area contributed by atoms with Crippen LogP contribution in [0, 0.1) is 0 Å². The summed E-state index contributed by atoms with van der Waals surface area (Å²) in [5.41, 5.74) is -1.37. The third kappa shape index (κ3) is 3.60. The zero-order valence-corrected chi connectivity index (χ0v) is 11.6. The number of nitrogens with zero attached hydrogens (tertiary/aromatic N) is 2. The molecule has 2 aromatic rings. The van der Waals surface area contributed by atoms with Gasteiger partial charge in [0.1, 0.15) is 11.2 Å². The van der Waals surface area contributed by atoms with Crippen molar-refractivity contribution in [3.05, 3.63) is 60.2 Å². The Kier molecular flexibility index (Phi) is 4.94. The summed E-state index contributed by atoms with van der Waals surface area (Å²) in [6.07, 6.45) is 3.37. The van der Waals surface area contributed by atoms with Crippen molar-refractivity contribution in [1.82, 2.24) is 9.97 Å². The molecule has 2 heterocycles. The summed E-state index contributed by atoms with van der Waals surface area (Å²) in [6, 6.07) is 10.7. The predicted octanol–water partition coefficient (Wildman–Crippen LogP) is 1.16. The van der Waals surface area contributed by atoms with E-state index in [1.807, 2.05) is 12.1 Å². The van der Waals surface area contributed by atoms with Crippen LogP contribution in [-0.4, -0.2) is 25.7 Å². The summed E-state index contributed by atoms with van der Waals surface area (Å²) in [4.78, 5) is 8.29. The molecule has 0 aliphatic heterocycles. The van der Waals surface area contributed by atoms with E-state index in [2.05, 4.69) is 9.97 Å². The second-order valence-electron chi connectivity index (χ2n) is 5.15. The van der Waals surface area contributed by atoms with Crippen molar-refractivity contribution in [2.45, 2.75) is 31.5 Å². The van der Waals surface area contributed by atoms with Gasteiger partial charge in [-0.25, -0.2) is 0 Å². The molecule has 0 saturated carbocycles. The van der Waals surface area contributed by atoms with E-state index in [1.54, 1.807) is 50.5 Å². The molecule has 0 saturated heterocycles. The summed E-state index contributed by atoms with van der Waals surface area (Å²) in [7, 11) is 0. The Morgan fingerprint density at radius 2 is 1.25 bits per heavy atom. The van der Waals surface area contributed by atoms with E-state index < -0.39 is 11.2 Å². The number of hydrogen-bond donors (Lipinski definition) is 2. The minimum Gasteiger partial charge on any atom is -0.412 e. The lowest BCUT2D eigenvalue weighted by atomic mass is 9.84. The number of rotatable bonds is 4. The van der Waals surface area contributed by atoms with Crippen LogP contribution in [-0.2, 0) is 11.2 Å². The quantitative estimate of drug-likeness (QED) is 0.875. The highest BCUT2D eigenvalue weighted by molar-refractivity contribution is 5.17. The van der Waals surface area contributed by atoms with Crippen LogP contribution < -0.4 is 0 Å². The van der Waals surface area contributed by atoms with Gasteiger partial charge in [-0.2, -0.15) is 0 Å². The average Bonchev–Trinajstić information content (AvgIpc) is 2.40. The Bertz CT molecular complexity index is 478. The van der Waals surface area contributed by atoms with E-state index in [4.69, 9.17) is 0 Å². The molecule has 20 heavy (non-hydrogen) atoms. The van der Waals surface area contributed by atoms with Gasteiger partial charge in [-0.3, -0.25) is 9.97 Å². The van der Waals surface area contributed by atoms with Gasteiger partial charge < -0.3 is 15.7 Å². The van der Waals surface area contributed by atoms with Crippen LogP contribution in [0.15, 0.2) is 48.8 Å². The summed E-state index contributed by atoms with van der Waals surface area (Å²) in [6.45, 7) is 3.29. The molecule has 0 spiro atoms. The zero-order valence-electron chi connectivity index (χ0n) is 11.6. The molecule has 5 heteroatoms. The molecule has 2 aromatic heterocycles. The molecular weight excluding hydrogens is 256 g/mol. The highest BCUT2D eigenvalue weighted by Gasteiger charge is 2.36. The second kappa shape index (κ2) is 6.09. The van der Waals surface area contributed by atoms with Gasteiger partial charge >= 0.3 is 0 Å². The summed E-state index contributed by atoms with van der Waals surface area (Å²) >= 11 is 0. The molecule has 2 atom stereocenters. The first-order chi connectivity index (χ1) is 8.92. The van der Waals surface area contributed by atoms with Crippen molar-refractivity contribution >= 4 is 0 Å². The van der Waals surface area contributed by atoms with Gasteiger partial charge in [-0.15, -0.1) is 0 Å². The fourth-order valence-electron chi connectivity index (χ4n) is 2.21. The van der Waals surface area contributed by atoms with Gasteiger partial charge in [0.05, 0.1) is 11.4 Å². The Balaban J connectivity index is 0.00000200. The largest absolute Gasteiger partial charge is 0.412 e. The predicted molar refractivity (Wildman–Crippen MR) is 75.8 cm³/mol. The number of hydrogen-bond acceptors (Lipinski definition) is 4. The Morgan fingerprint density at radius 3 is 1.55 bits per heavy atom. The van der Waals surface area contributed by atoms with Crippen LogP contribution in [0.5, 0.6) is 0 Å². The molecule has 0 unspecified atom stereocenters. The molecule has 0 aromatic carbocycles. The van der Waals surface area contributed by atoms with Crippen molar-refractivity contribution in [1.29, 1.82) is 0 Å². The van der Waals surface area contributed by atoms with Crippen LogP contribution in [0.3, 0.4) is 0 Å². The van der Waals surface area contributed by atoms with E-state index in [0.717, 1.165) is 0 Å². The number of pyridine rings is 2. The summed E-state index contributed by atoms with van der Waals surface area (Å²) in [5, 5.41) is 21.1.